The monoisotopic (exact) mass is 441 g/mol. The molecule has 0 fully saturated rings. The van der Waals surface area contributed by atoms with E-state index in [1.807, 2.05) is 24.3 Å². The van der Waals surface area contributed by atoms with E-state index >= 15 is 4.39 Å². The molecule has 0 amide bonds. The van der Waals surface area contributed by atoms with Crippen LogP contribution in [-0.2, 0) is 19.3 Å². The summed E-state index contributed by atoms with van der Waals surface area (Å²) in [5.41, 5.74) is 3.58. The van der Waals surface area contributed by atoms with Gasteiger partial charge in [-0.15, -0.1) is 6.58 Å². The van der Waals surface area contributed by atoms with Crippen molar-refractivity contribution >= 4 is 10.8 Å². The molecule has 4 aromatic rings. The van der Waals surface area contributed by atoms with Crippen molar-refractivity contribution in [3.63, 3.8) is 0 Å². The SMILES string of the molecule is C=CCCc1ccc(-c2ccc3c(F)c(CCc4cc(F)c(C#N)c(F)c4)ccc3c2)cc1. The molecule has 4 aromatic carbocycles. The highest BCUT2D eigenvalue weighted by molar-refractivity contribution is 5.88. The number of hydrogen-bond donors (Lipinski definition) is 0. The fourth-order valence-electron chi connectivity index (χ4n) is 4.00. The van der Waals surface area contributed by atoms with Crippen LogP contribution >= 0.6 is 0 Å². The van der Waals surface area contributed by atoms with Gasteiger partial charge in [0, 0.05) is 5.39 Å². The number of benzene rings is 4. The molecule has 4 heteroatoms. The first kappa shape index (κ1) is 22.4. The van der Waals surface area contributed by atoms with Crippen molar-refractivity contribution in [2.45, 2.75) is 25.7 Å². The standard InChI is InChI=1S/C29H22F3N/c1-2-3-4-19-5-8-21(9-6-19)23-13-14-25-24(17-23)12-11-22(29(25)32)10-7-20-15-27(30)26(18-33)28(31)16-20/h2,5-6,8-9,11-17H,1,3-4,7,10H2. The largest absolute Gasteiger partial charge is 0.206 e. The molecule has 0 radical (unpaired) electrons. The van der Waals surface area contributed by atoms with Gasteiger partial charge in [-0.1, -0.05) is 54.6 Å². The molecular formula is C29H22F3N. The fraction of sp³-hybridized carbons (Fsp3) is 0.138. The summed E-state index contributed by atoms with van der Waals surface area (Å²) < 4.78 is 42.8. The molecule has 0 aromatic heterocycles. The first-order valence-electron chi connectivity index (χ1n) is 10.8. The highest BCUT2D eigenvalue weighted by atomic mass is 19.1. The molecule has 0 spiro atoms. The first-order valence-corrected chi connectivity index (χ1v) is 10.8. The Hall–Kier alpha value is -3.84. The third kappa shape index (κ3) is 4.83. The number of nitrogens with zero attached hydrogens (tertiary/aromatic N) is 1. The number of hydrogen-bond acceptors (Lipinski definition) is 1. The van der Waals surface area contributed by atoms with Crippen LogP contribution in [0.4, 0.5) is 13.2 Å². The minimum atomic E-state index is -0.896. The number of aryl methyl sites for hydroxylation is 3. The number of rotatable bonds is 7. The van der Waals surface area contributed by atoms with E-state index in [9.17, 15) is 8.78 Å². The Morgan fingerprint density at radius 1 is 0.758 bits per heavy atom. The van der Waals surface area contributed by atoms with Crippen molar-refractivity contribution in [3.05, 3.63) is 119 Å². The van der Waals surface area contributed by atoms with Crippen LogP contribution < -0.4 is 0 Å². The minimum absolute atomic E-state index is 0.262. The van der Waals surface area contributed by atoms with Crippen LogP contribution in [-0.4, -0.2) is 0 Å². The fourth-order valence-corrected chi connectivity index (χ4v) is 4.00. The Morgan fingerprint density at radius 2 is 1.45 bits per heavy atom. The van der Waals surface area contributed by atoms with E-state index in [0.29, 0.717) is 22.9 Å². The summed E-state index contributed by atoms with van der Waals surface area (Å²) in [6, 6.07) is 21.3. The van der Waals surface area contributed by atoms with Gasteiger partial charge in [0.1, 0.15) is 29.1 Å². The third-order valence-corrected chi connectivity index (χ3v) is 5.86. The summed E-state index contributed by atoms with van der Waals surface area (Å²) in [5.74, 6) is -2.12. The van der Waals surface area contributed by atoms with Crippen LogP contribution in [0.1, 0.15) is 28.7 Å². The van der Waals surface area contributed by atoms with Gasteiger partial charge in [-0.05, 0) is 77.1 Å². The molecule has 0 aliphatic rings. The van der Waals surface area contributed by atoms with Gasteiger partial charge in [-0.2, -0.15) is 5.26 Å². The molecule has 4 rings (SSSR count). The maximum Gasteiger partial charge on any atom is 0.144 e. The molecule has 0 heterocycles. The average Bonchev–Trinajstić information content (AvgIpc) is 2.82. The van der Waals surface area contributed by atoms with Gasteiger partial charge in [0.25, 0.3) is 0 Å². The summed E-state index contributed by atoms with van der Waals surface area (Å²) in [7, 11) is 0. The first-order chi connectivity index (χ1) is 16.0. The molecule has 1 nitrogen and oxygen atoms in total. The summed E-state index contributed by atoms with van der Waals surface area (Å²) in [5, 5.41) is 10.1. The zero-order valence-electron chi connectivity index (χ0n) is 18.0. The van der Waals surface area contributed by atoms with E-state index in [4.69, 9.17) is 5.26 Å². The third-order valence-electron chi connectivity index (χ3n) is 5.86. The summed E-state index contributed by atoms with van der Waals surface area (Å²) in [6.07, 6.45) is 4.35. The molecule has 164 valence electrons. The van der Waals surface area contributed by atoms with Crippen LogP contribution in [0, 0.1) is 28.8 Å². The Morgan fingerprint density at radius 3 is 2.12 bits per heavy atom. The van der Waals surface area contributed by atoms with Gasteiger partial charge in [-0.3, -0.25) is 0 Å². The van der Waals surface area contributed by atoms with Crippen LogP contribution in [0.5, 0.6) is 0 Å². The van der Waals surface area contributed by atoms with Gasteiger partial charge in [0.15, 0.2) is 0 Å². The Bertz CT molecular complexity index is 1340. The summed E-state index contributed by atoms with van der Waals surface area (Å²) >= 11 is 0. The second kappa shape index (κ2) is 9.75. The van der Waals surface area contributed by atoms with E-state index in [1.54, 1.807) is 12.1 Å². The quantitative estimate of drug-likeness (QED) is 0.270. The molecular weight excluding hydrogens is 419 g/mol. The number of halogens is 3. The zero-order chi connectivity index (χ0) is 23.4. The maximum absolute atomic E-state index is 15.2. The average molecular weight is 441 g/mol. The molecule has 0 N–H and O–H groups in total. The van der Waals surface area contributed by atoms with Crippen LogP contribution in [0.25, 0.3) is 21.9 Å². The van der Waals surface area contributed by atoms with Crippen molar-refractivity contribution in [1.29, 1.82) is 5.26 Å². The lowest BCUT2D eigenvalue weighted by Crippen LogP contribution is -1.99. The Kier molecular flexibility index (Phi) is 6.60. The van der Waals surface area contributed by atoms with Gasteiger partial charge in [0.2, 0.25) is 0 Å². The van der Waals surface area contributed by atoms with Crippen molar-refractivity contribution in [2.75, 3.05) is 0 Å². The van der Waals surface area contributed by atoms with Crippen molar-refractivity contribution < 1.29 is 13.2 Å². The Labute approximate surface area is 191 Å². The van der Waals surface area contributed by atoms with E-state index in [-0.39, 0.29) is 12.2 Å². The maximum atomic E-state index is 15.2. The van der Waals surface area contributed by atoms with Crippen molar-refractivity contribution in [1.82, 2.24) is 0 Å². The predicted molar refractivity (Wildman–Crippen MR) is 126 cm³/mol. The summed E-state index contributed by atoms with van der Waals surface area (Å²) in [4.78, 5) is 0. The number of allylic oxidation sites excluding steroid dienone is 1. The second-order valence-corrected chi connectivity index (χ2v) is 8.05. The van der Waals surface area contributed by atoms with Gasteiger partial charge in [-0.25, -0.2) is 13.2 Å². The van der Waals surface area contributed by atoms with E-state index in [0.717, 1.165) is 41.5 Å². The van der Waals surface area contributed by atoms with Gasteiger partial charge < -0.3 is 0 Å². The number of nitriles is 1. The van der Waals surface area contributed by atoms with E-state index in [2.05, 4.69) is 30.8 Å². The minimum Gasteiger partial charge on any atom is -0.206 e. The van der Waals surface area contributed by atoms with Crippen LogP contribution in [0.15, 0.2) is 79.4 Å². The molecule has 0 unspecified atom stereocenters. The van der Waals surface area contributed by atoms with Gasteiger partial charge >= 0.3 is 0 Å². The Balaban J connectivity index is 1.55. The van der Waals surface area contributed by atoms with Gasteiger partial charge in [0.05, 0.1) is 0 Å². The molecule has 0 aliphatic carbocycles. The number of fused-ring (bicyclic) bond motifs is 1. The van der Waals surface area contributed by atoms with Crippen molar-refractivity contribution in [3.8, 4) is 17.2 Å². The molecule has 33 heavy (non-hydrogen) atoms. The highest BCUT2D eigenvalue weighted by Crippen LogP contribution is 2.28. The zero-order valence-corrected chi connectivity index (χ0v) is 18.0. The normalized spacial score (nSPS) is 10.8. The second-order valence-electron chi connectivity index (χ2n) is 8.05. The lowest BCUT2D eigenvalue weighted by Gasteiger charge is -2.10. The highest BCUT2D eigenvalue weighted by Gasteiger charge is 2.13. The van der Waals surface area contributed by atoms with E-state index in [1.165, 1.54) is 11.6 Å². The van der Waals surface area contributed by atoms with Crippen LogP contribution in [0.2, 0.25) is 0 Å². The van der Waals surface area contributed by atoms with Crippen molar-refractivity contribution in [2.24, 2.45) is 0 Å². The molecule has 0 aliphatic heterocycles. The predicted octanol–water partition coefficient (Wildman–Crippen LogP) is 7.70. The van der Waals surface area contributed by atoms with Crippen LogP contribution in [0.3, 0.4) is 0 Å². The smallest absolute Gasteiger partial charge is 0.144 e. The lowest BCUT2D eigenvalue weighted by molar-refractivity contribution is 0.572. The molecule has 0 saturated carbocycles. The van der Waals surface area contributed by atoms with E-state index < -0.39 is 17.2 Å². The lowest BCUT2D eigenvalue weighted by atomic mass is 9.96. The summed E-state index contributed by atoms with van der Waals surface area (Å²) in [6.45, 7) is 3.75. The molecule has 0 bridgehead atoms. The topological polar surface area (TPSA) is 23.8 Å². The molecule has 0 atom stereocenters. The molecule has 0 saturated heterocycles.